The molecule has 0 saturated carbocycles. The van der Waals surface area contributed by atoms with Gasteiger partial charge in [-0.05, 0) is 36.0 Å². The average Bonchev–Trinajstić information content (AvgIpc) is 2.77. The van der Waals surface area contributed by atoms with Crippen LogP contribution in [0.1, 0.15) is 46.1 Å². The first-order valence-corrected chi connectivity index (χ1v) is 11.6. The number of hydrogen-bond acceptors (Lipinski definition) is 7. The number of carboxylic acid groups (broad SMARTS) is 2. The van der Waals surface area contributed by atoms with Crippen LogP contribution in [0.5, 0.6) is 5.75 Å². The fourth-order valence-electron chi connectivity index (χ4n) is 3.27. The molecular weight excluding hydrogens is 472 g/mol. The summed E-state index contributed by atoms with van der Waals surface area (Å²) >= 11 is 0. The van der Waals surface area contributed by atoms with Crippen molar-refractivity contribution in [3.05, 3.63) is 29.8 Å². The first kappa shape index (κ1) is 30.4. The molecule has 0 radical (unpaired) electrons. The van der Waals surface area contributed by atoms with E-state index in [4.69, 9.17) is 10.8 Å². The molecule has 200 valence electrons. The number of nitrogens with one attached hydrogen (secondary N) is 3. The summed E-state index contributed by atoms with van der Waals surface area (Å²) in [4.78, 5) is 61.0. The smallest absolute Gasteiger partial charge is 0.326 e. The summed E-state index contributed by atoms with van der Waals surface area (Å²) in [5.74, 6) is -5.36. The summed E-state index contributed by atoms with van der Waals surface area (Å²) in [5, 5.41) is 35.0. The molecule has 1 rings (SSSR count). The number of nitrogens with two attached hydrogens (primary N) is 1. The van der Waals surface area contributed by atoms with Crippen LogP contribution in [0.4, 0.5) is 0 Å². The van der Waals surface area contributed by atoms with Crippen LogP contribution in [0.3, 0.4) is 0 Å². The van der Waals surface area contributed by atoms with Crippen molar-refractivity contribution in [2.75, 3.05) is 0 Å². The number of aromatic hydroxyl groups is 1. The lowest BCUT2D eigenvalue weighted by atomic mass is 9.99. The van der Waals surface area contributed by atoms with Gasteiger partial charge in [0, 0.05) is 6.42 Å². The van der Waals surface area contributed by atoms with E-state index in [0.717, 1.165) is 0 Å². The molecule has 0 spiro atoms. The Morgan fingerprint density at radius 2 is 1.31 bits per heavy atom. The maximum atomic E-state index is 13.2. The van der Waals surface area contributed by atoms with Gasteiger partial charge in [0.05, 0.1) is 12.5 Å². The lowest BCUT2D eigenvalue weighted by Crippen LogP contribution is -2.58. The number of phenols is 1. The van der Waals surface area contributed by atoms with Crippen LogP contribution in [0.25, 0.3) is 0 Å². The predicted molar refractivity (Wildman–Crippen MR) is 130 cm³/mol. The van der Waals surface area contributed by atoms with Crippen LogP contribution in [0.2, 0.25) is 0 Å². The summed E-state index contributed by atoms with van der Waals surface area (Å²) in [7, 11) is 0. The molecule has 8 N–H and O–H groups in total. The Hall–Kier alpha value is -3.67. The van der Waals surface area contributed by atoms with Crippen LogP contribution in [-0.4, -0.2) is 69.1 Å². The molecule has 0 aromatic heterocycles. The third-order valence-electron chi connectivity index (χ3n) is 5.36. The molecule has 4 atom stereocenters. The Kier molecular flexibility index (Phi) is 11.8. The minimum absolute atomic E-state index is 0.0219. The molecule has 0 saturated heterocycles. The van der Waals surface area contributed by atoms with Gasteiger partial charge in [0.2, 0.25) is 17.7 Å². The molecule has 0 bridgehead atoms. The molecule has 1 aromatic carbocycles. The fraction of sp³-hybridized carbons (Fsp3) is 0.542. The number of carbonyl (C=O) groups excluding carboxylic acids is 3. The average molecular weight is 509 g/mol. The molecule has 0 fully saturated rings. The minimum Gasteiger partial charge on any atom is -0.508 e. The molecule has 0 heterocycles. The second kappa shape index (κ2) is 14.0. The molecule has 12 heteroatoms. The number of benzene rings is 1. The van der Waals surface area contributed by atoms with E-state index in [-0.39, 0.29) is 30.4 Å². The van der Waals surface area contributed by atoms with E-state index < -0.39 is 60.2 Å². The summed E-state index contributed by atoms with van der Waals surface area (Å²) in [6, 6.07) is 1.11. The number of carbonyl (C=O) groups is 5. The highest BCUT2D eigenvalue weighted by molar-refractivity contribution is 5.94. The second-order valence-electron chi connectivity index (χ2n) is 9.39. The van der Waals surface area contributed by atoms with Crippen molar-refractivity contribution in [1.82, 2.24) is 16.0 Å². The van der Waals surface area contributed by atoms with Crippen LogP contribution in [-0.2, 0) is 30.4 Å². The van der Waals surface area contributed by atoms with Crippen molar-refractivity contribution in [2.24, 2.45) is 17.6 Å². The molecular formula is C24H36N4O8. The highest BCUT2D eigenvalue weighted by Crippen LogP contribution is 2.13. The van der Waals surface area contributed by atoms with Gasteiger partial charge in [-0.3, -0.25) is 19.2 Å². The van der Waals surface area contributed by atoms with Crippen LogP contribution in [0.15, 0.2) is 24.3 Å². The molecule has 36 heavy (non-hydrogen) atoms. The van der Waals surface area contributed by atoms with Gasteiger partial charge >= 0.3 is 11.9 Å². The van der Waals surface area contributed by atoms with E-state index >= 15 is 0 Å². The van der Waals surface area contributed by atoms with E-state index in [2.05, 4.69) is 16.0 Å². The number of carboxylic acids is 2. The standard InChI is InChI=1S/C24H36N4O8/c1-12(2)9-16(21(32)28-18(24(35)36)11-19(30)31)26-22(33)17(27-23(34)20(25)13(3)4)10-14-5-7-15(29)8-6-14/h5-8,12-13,16-18,20,29H,9-11,25H2,1-4H3,(H,26,33)(H,27,34)(H,28,32)(H,30,31)(H,35,36). The van der Waals surface area contributed by atoms with Gasteiger partial charge in [-0.2, -0.15) is 0 Å². The number of amides is 3. The fourth-order valence-corrected chi connectivity index (χ4v) is 3.27. The first-order chi connectivity index (χ1) is 16.7. The maximum absolute atomic E-state index is 13.2. The van der Waals surface area contributed by atoms with Crippen molar-refractivity contribution in [1.29, 1.82) is 0 Å². The summed E-state index contributed by atoms with van der Waals surface area (Å²) < 4.78 is 0. The second-order valence-corrected chi connectivity index (χ2v) is 9.39. The molecule has 12 nitrogen and oxygen atoms in total. The van der Waals surface area contributed by atoms with Crippen LogP contribution in [0, 0.1) is 11.8 Å². The largest absolute Gasteiger partial charge is 0.508 e. The van der Waals surface area contributed by atoms with E-state index in [1.165, 1.54) is 12.1 Å². The maximum Gasteiger partial charge on any atom is 0.326 e. The molecule has 1 aromatic rings. The Morgan fingerprint density at radius 3 is 1.78 bits per heavy atom. The Morgan fingerprint density at radius 1 is 0.806 bits per heavy atom. The summed E-state index contributed by atoms with van der Waals surface area (Å²) in [6.45, 7) is 7.07. The monoisotopic (exact) mass is 508 g/mol. The zero-order chi connectivity index (χ0) is 27.6. The topological polar surface area (TPSA) is 208 Å². The van der Waals surface area contributed by atoms with E-state index in [9.17, 15) is 34.2 Å². The Balaban J connectivity index is 3.15. The summed E-state index contributed by atoms with van der Waals surface area (Å²) in [6.07, 6.45) is -0.687. The molecule has 3 amide bonds. The van der Waals surface area contributed by atoms with E-state index in [0.29, 0.717) is 5.56 Å². The van der Waals surface area contributed by atoms with E-state index in [1.54, 1.807) is 39.8 Å². The molecule has 0 aliphatic rings. The SMILES string of the molecule is CC(C)CC(NC(=O)C(Cc1ccc(O)cc1)NC(=O)C(N)C(C)C)C(=O)NC(CC(=O)O)C(=O)O. The molecule has 4 unspecified atom stereocenters. The summed E-state index contributed by atoms with van der Waals surface area (Å²) in [5.41, 5.74) is 6.53. The quantitative estimate of drug-likeness (QED) is 0.180. The zero-order valence-corrected chi connectivity index (χ0v) is 20.9. The lowest BCUT2D eigenvalue weighted by Gasteiger charge is -2.26. The van der Waals surface area contributed by atoms with Crippen molar-refractivity contribution < 1.29 is 39.3 Å². The van der Waals surface area contributed by atoms with Crippen LogP contribution >= 0.6 is 0 Å². The van der Waals surface area contributed by atoms with Gasteiger partial charge in [-0.1, -0.05) is 39.8 Å². The Bertz CT molecular complexity index is 933. The van der Waals surface area contributed by atoms with Crippen LogP contribution < -0.4 is 21.7 Å². The molecule has 0 aliphatic heterocycles. The van der Waals surface area contributed by atoms with Crippen molar-refractivity contribution in [3.63, 3.8) is 0 Å². The third kappa shape index (κ3) is 10.3. The van der Waals surface area contributed by atoms with Crippen molar-refractivity contribution in [3.8, 4) is 5.75 Å². The molecule has 0 aliphatic carbocycles. The first-order valence-electron chi connectivity index (χ1n) is 11.6. The van der Waals surface area contributed by atoms with E-state index in [1.807, 2.05) is 0 Å². The normalized spacial score (nSPS) is 14.4. The zero-order valence-electron chi connectivity index (χ0n) is 20.9. The highest BCUT2D eigenvalue weighted by atomic mass is 16.4. The van der Waals surface area contributed by atoms with Gasteiger partial charge in [0.1, 0.15) is 23.9 Å². The van der Waals surface area contributed by atoms with Gasteiger partial charge in [-0.25, -0.2) is 4.79 Å². The van der Waals surface area contributed by atoms with Gasteiger partial charge in [0.15, 0.2) is 0 Å². The van der Waals surface area contributed by atoms with Gasteiger partial charge < -0.3 is 37.0 Å². The number of hydrogen-bond donors (Lipinski definition) is 7. The lowest BCUT2D eigenvalue weighted by molar-refractivity contribution is -0.147. The van der Waals surface area contributed by atoms with Gasteiger partial charge in [0.25, 0.3) is 0 Å². The predicted octanol–water partition coefficient (Wildman–Crippen LogP) is -0.0222. The van der Waals surface area contributed by atoms with Crippen molar-refractivity contribution >= 4 is 29.7 Å². The number of phenolic OH excluding ortho intramolecular Hbond substituents is 1. The minimum atomic E-state index is -1.68. The van der Waals surface area contributed by atoms with Gasteiger partial charge in [-0.15, -0.1) is 0 Å². The Labute approximate surface area is 209 Å². The highest BCUT2D eigenvalue weighted by Gasteiger charge is 2.32. The third-order valence-corrected chi connectivity index (χ3v) is 5.36. The number of rotatable bonds is 14. The number of aliphatic carboxylic acids is 2. The van der Waals surface area contributed by atoms with Crippen molar-refractivity contribution in [2.45, 2.75) is 71.1 Å².